The molecule has 0 aromatic heterocycles. The highest BCUT2D eigenvalue weighted by Gasteiger charge is 2.20. The summed E-state index contributed by atoms with van der Waals surface area (Å²) in [5.74, 6) is 1.48. The molecule has 0 fully saturated rings. The molecule has 0 saturated heterocycles. The first kappa shape index (κ1) is 8.84. The topological polar surface area (TPSA) is 38.7 Å². The van der Waals surface area contributed by atoms with Gasteiger partial charge in [-0.25, -0.2) is 0 Å². The lowest BCUT2D eigenvalue weighted by molar-refractivity contribution is 0.173. The summed E-state index contributed by atoms with van der Waals surface area (Å²) in [6.07, 6.45) is 0. The Morgan fingerprint density at radius 2 is 2.31 bits per heavy atom. The summed E-state index contributed by atoms with van der Waals surface area (Å²) in [4.78, 5) is 0. The van der Waals surface area contributed by atoms with Crippen LogP contribution >= 0.6 is 15.9 Å². The van der Waals surface area contributed by atoms with Gasteiger partial charge in [-0.2, -0.15) is 0 Å². The fraction of sp³-hybridized carbons (Fsp3) is 0.333. The second-order valence-corrected chi connectivity index (χ2v) is 3.71. The van der Waals surface area contributed by atoms with E-state index in [0.717, 1.165) is 27.1 Å². The van der Waals surface area contributed by atoms with E-state index in [1.807, 2.05) is 13.0 Å². The van der Waals surface area contributed by atoms with Crippen molar-refractivity contribution < 1.29 is 14.6 Å². The Hall–Kier alpha value is -0.740. The fourth-order valence-corrected chi connectivity index (χ4v) is 2.03. The lowest BCUT2D eigenvalue weighted by Crippen LogP contribution is -1.94. The van der Waals surface area contributed by atoms with Gasteiger partial charge in [-0.3, -0.25) is 0 Å². The van der Waals surface area contributed by atoms with Crippen LogP contribution in [0.25, 0.3) is 0 Å². The van der Waals surface area contributed by atoms with Crippen LogP contribution in [-0.2, 0) is 6.61 Å². The zero-order valence-corrected chi connectivity index (χ0v) is 8.72. The number of ether oxygens (including phenoxy) is 2. The van der Waals surface area contributed by atoms with Crippen LogP contribution in [0.2, 0.25) is 0 Å². The van der Waals surface area contributed by atoms with Crippen molar-refractivity contribution in [2.45, 2.75) is 13.5 Å². The van der Waals surface area contributed by atoms with Crippen molar-refractivity contribution in [3.63, 3.8) is 0 Å². The number of fused-ring (bicyclic) bond motifs is 1. The number of aliphatic hydroxyl groups is 1. The molecule has 0 radical (unpaired) electrons. The van der Waals surface area contributed by atoms with Crippen LogP contribution in [0.5, 0.6) is 11.5 Å². The van der Waals surface area contributed by atoms with E-state index in [-0.39, 0.29) is 13.4 Å². The maximum atomic E-state index is 9.10. The van der Waals surface area contributed by atoms with Gasteiger partial charge >= 0.3 is 0 Å². The Labute approximate surface area is 84.4 Å². The van der Waals surface area contributed by atoms with E-state index in [4.69, 9.17) is 14.6 Å². The van der Waals surface area contributed by atoms with E-state index < -0.39 is 0 Å². The average molecular weight is 245 g/mol. The van der Waals surface area contributed by atoms with Gasteiger partial charge in [-0.1, -0.05) is 15.9 Å². The highest BCUT2D eigenvalue weighted by atomic mass is 79.9. The second kappa shape index (κ2) is 3.20. The van der Waals surface area contributed by atoms with Gasteiger partial charge in [0.25, 0.3) is 0 Å². The minimum atomic E-state index is 0.00303. The lowest BCUT2D eigenvalue weighted by atomic mass is 10.1. The van der Waals surface area contributed by atoms with Crippen molar-refractivity contribution >= 4 is 15.9 Å². The molecule has 1 heterocycles. The molecule has 2 rings (SSSR count). The minimum absolute atomic E-state index is 0.00303. The maximum absolute atomic E-state index is 9.10. The van der Waals surface area contributed by atoms with Crippen molar-refractivity contribution in [1.82, 2.24) is 0 Å². The predicted molar refractivity (Wildman–Crippen MR) is 50.9 cm³/mol. The smallest absolute Gasteiger partial charge is 0.231 e. The van der Waals surface area contributed by atoms with Gasteiger partial charge in [0, 0.05) is 10.0 Å². The van der Waals surface area contributed by atoms with E-state index in [2.05, 4.69) is 15.9 Å². The minimum Gasteiger partial charge on any atom is -0.454 e. The van der Waals surface area contributed by atoms with E-state index in [1.165, 1.54) is 0 Å². The Balaban J connectivity index is 2.62. The Morgan fingerprint density at radius 1 is 1.54 bits per heavy atom. The number of hydrogen-bond donors (Lipinski definition) is 1. The van der Waals surface area contributed by atoms with Gasteiger partial charge in [-0.15, -0.1) is 0 Å². The van der Waals surface area contributed by atoms with Crippen molar-refractivity contribution in [1.29, 1.82) is 0 Å². The van der Waals surface area contributed by atoms with E-state index in [1.54, 1.807) is 0 Å². The van der Waals surface area contributed by atoms with Crippen LogP contribution < -0.4 is 9.47 Å². The molecule has 3 nitrogen and oxygen atoms in total. The molecular weight excluding hydrogens is 236 g/mol. The second-order valence-electron chi connectivity index (χ2n) is 2.85. The number of benzene rings is 1. The third-order valence-corrected chi connectivity index (χ3v) is 2.85. The van der Waals surface area contributed by atoms with Crippen molar-refractivity contribution in [3.05, 3.63) is 21.7 Å². The normalized spacial score (nSPS) is 13.5. The summed E-state index contributed by atoms with van der Waals surface area (Å²) in [7, 11) is 0. The van der Waals surface area contributed by atoms with Crippen LogP contribution in [0.15, 0.2) is 10.5 Å². The number of halogens is 1. The summed E-state index contributed by atoms with van der Waals surface area (Å²) in [6, 6.07) is 1.82. The van der Waals surface area contributed by atoms with Crippen LogP contribution in [0.1, 0.15) is 11.1 Å². The zero-order chi connectivity index (χ0) is 9.42. The number of hydrogen-bond acceptors (Lipinski definition) is 3. The van der Waals surface area contributed by atoms with Crippen molar-refractivity contribution in [2.75, 3.05) is 6.79 Å². The fourth-order valence-electron chi connectivity index (χ4n) is 1.40. The molecule has 70 valence electrons. The molecular formula is C9H9BrO3. The molecule has 0 unspecified atom stereocenters. The highest BCUT2D eigenvalue weighted by molar-refractivity contribution is 9.10. The summed E-state index contributed by atoms with van der Waals surface area (Å²) >= 11 is 3.37. The van der Waals surface area contributed by atoms with Gasteiger partial charge in [-0.05, 0) is 18.6 Å². The third-order valence-electron chi connectivity index (χ3n) is 2.14. The van der Waals surface area contributed by atoms with Crippen molar-refractivity contribution in [2.24, 2.45) is 0 Å². The molecule has 0 spiro atoms. The van der Waals surface area contributed by atoms with Crippen LogP contribution in [0.4, 0.5) is 0 Å². The molecule has 1 aromatic carbocycles. The molecule has 1 aromatic rings. The first-order valence-electron chi connectivity index (χ1n) is 3.92. The van der Waals surface area contributed by atoms with Crippen LogP contribution in [0.3, 0.4) is 0 Å². The zero-order valence-electron chi connectivity index (χ0n) is 7.13. The summed E-state index contributed by atoms with van der Waals surface area (Å²) in [6.45, 7) is 2.17. The molecule has 0 atom stereocenters. The van der Waals surface area contributed by atoms with Crippen molar-refractivity contribution in [3.8, 4) is 11.5 Å². The molecule has 1 aliphatic rings. The largest absolute Gasteiger partial charge is 0.454 e. The van der Waals surface area contributed by atoms with Gasteiger partial charge < -0.3 is 14.6 Å². The summed E-state index contributed by atoms with van der Waals surface area (Å²) in [5.41, 5.74) is 1.79. The maximum Gasteiger partial charge on any atom is 0.231 e. The molecule has 1 aliphatic heterocycles. The number of rotatable bonds is 1. The monoisotopic (exact) mass is 244 g/mol. The Bertz CT molecular complexity index is 345. The molecule has 4 heteroatoms. The molecule has 0 saturated carbocycles. The Morgan fingerprint density at radius 3 is 3.00 bits per heavy atom. The first-order chi connectivity index (χ1) is 6.24. The third kappa shape index (κ3) is 1.30. The van der Waals surface area contributed by atoms with Crippen LogP contribution in [-0.4, -0.2) is 11.9 Å². The van der Waals surface area contributed by atoms with Gasteiger partial charge in [0.05, 0.1) is 6.61 Å². The summed E-state index contributed by atoms with van der Waals surface area (Å²) < 4.78 is 11.4. The van der Waals surface area contributed by atoms with Crippen LogP contribution in [0, 0.1) is 6.92 Å². The average Bonchev–Trinajstić information content (AvgIpc) is 2.53. The SMILES string of the molecule is Cc1c(CO)c(Br)cc2c1OCO2. The van der Waals surface area contributed by atoms with E-state index in [9.17, 15) is 0 Å². The molecule has 0 aliphatic carbocycles. The lowest BCUT2D eigenvalue weighted by Gasteiger charge is -2.08. The summed E-state index contributed by atoms with van der Waals surface area (Å²) in [5, 5.41) is 9.10. The standard InChI is InChI=1S/C9H9BrO3/c1-5-6(3-11)7(10)2-8-9(5)13-4-12-8/h2,11H,3-4H2,1H3. The first-order valence-corrected chi connectivity index (χ1v) is 4.71. The molecule has 0 amide bonds. The van der Waals surface area contributed by atoms with E-state index >= 15 is 0 Å². The van der Waals surface area contributed by atoms with E-state index in [0.29, 0.717) is 0 Å². The molecule has 1 N–H and O–H groups in total. The molecule has 0 bridgehead atoms. The quantitative estimate of drug-likeness (QED) is 0.822. The highest BCUT2D eigenvalue weighted by Crippen LogP contribution is 2.40. The number of aliphatic hydroxyl groups excluding tert-OH is 1. The Kier molecular flexibility index (Phi) is 2.17. The predicted octanol–water partition coefficient (Wildman–Crippen LogP) is 1.98. The van der Waals surface area contributed by atoms with Gasteiger partial charge in [0.1, 0.15) is 0 Å². The molecule has 13 heavy (non-hydrogen) atoms. The van der Waals surface area contributed by atoms with Gasteiger partial charge in [0.15, 0.2) is 11.5 Å². The van der Waals surface area contributed by atoms with Gasteiger partial charge in [0.2, 0.25) is 6.79 Å².